The van der Waals surface area contributed by atoms with Gasteiger partial charge >= 0.3 is 0 Å². The second-order valence-electron chi connectivity index (χ2n) is 5.50. The van der Waals surface area contributed by atoms with Crippen LogP contribution in [-0.4, -0.2) is 16.6 Å². The summed E-state index contributed by atoms with van der Waals surface area (Å²) < 4.78 is 0. The molecule has 0 saturated heterocycles. The minimum absolute atomic E-state index is 0.753. The molecule has 0 fully saturated rings. The summed E-state index contributed by atoms with van der Waals surface area (Å²) in [4.78, 5) is 3.35. The Balaban J connectivity index is 2.17. The SMILES string of the molecule is CC(C)(O)c1cc2c3c(c1)CCN3C(=S)CC2. The van der Waals surface area contributed by atoms with Crippen molar-refractivity contribution in [3.63, 3.8) is 0 Å². The first-order chi connectivity index (χ1) is 7.97. The molecule has 0 aliphatic carbocycles. The van der Waals surface area contributed by atoms with Gasteiger partial charge in [-0.3, -0.25) is 0 Å². The van der Waals surface area contributed by atoms with Crippen LogP contribution in [0.2, 0.25) is 0 Å². The summed E-state index contributed by atoms with van der Waals surface area (Å²) in [6.07, 6.45) is 3.03. The fourth-order valence-electron chi connectivity index (χ4n) is 2.81. The Morgan fingerprint density at radius 1 is 1.18 bits per heavy atom. The van der Waals surface area contributed by atoms with Crippen molar-refractivity contribution in [2.45, 2.75) is 38.7 Å². The third-order valence-corrected chi connectivity index (χ3v) is 4.18. The highest BCUT2D eigenvalue weighted by Crippen LogP contribution is 2.39. The lowest BCUT2D eigenvalue weighted by Gasteiger charge is -2.29. The van der Waals surface area contributed by atoms with E-state index >= 15 is 0 Å². The molecule has 1 aromatic rings. The summed E-state index contributed by atoms with van der Waals surface area (Å²) in [5, 5.41) is 10.1. The van der Waals surface area contributed by atoms with Crippen LogP contribution in [0.3, 0.4) is 0 Å². The van der Waals surface area contributed by atoms with E-state index in [-0.39, 0.29) is 0 Å². The Bertz CT molecular complexity index is 502. The highest BCUT2D eigenvalue weighted by Gasteiger charge is 2.31. The zero-order chi connectivity index (χ0) is 12.2. The average Bonchev–Trinajstić information content (AvgIpc) is 2.67. The van der Waals surface area contributed by atoms with Gasteiger partial charge in [-0.1, -0.05) is 24.4 Å². The summed E-state index contributed by atoms with van der Waals surface area (Å²) in [5.41, 5.74) is 4.30. The third-order valence-electron chi connectivity index (χ3n) is 3.76. The largest absolute Gasteiger partial charge is 0.386 e. The van der Waals surface area contributed by atoms with Crippen molar-refractivity contribution in [1.29, 1.82) is 0 Å². The number of benzene rings is 1. The molecule has 2 nitrogen and oxygen atoms in total. The number of rotatable bonds is 1. The van der Waals surface area contributed by atoms with Gasteiger partial charge in [0.05, 0.1) is 10.6 Å². The summed E-state index contributed by atoms with van der Waals surface area (Å²) >= 11 is 5.42. The van der Waals surface area contributed by atoms with Crippen molar-refractivity contribution in [3.05, 3.63) is 28.8 Å². The number of aryl methyl sites for hydroxylation is 1. The predicted octanol–water partition coefficient (Wildman–Crippen LogP) is 2.55. The first-order valence-electron chi connectivity index (χ1n) is 6.16. The number of hydrogen-bond donors (Lipinski definition) is 1. The first kappa shape index (κ1) is 11.2. The molecule has 2 heterocycles. The fourth-order valence-corrected chi connectivity index (χ4v) is 3.10. The van der Waals surface area contributed by atoms with Gasteiger partial charge in [-0.2, -0.15) is 0 Å². The lowest BCUT2D eigenvalue weighted by atomic mass is 9.90. The van der Waals surface area contributed by atoms with Gasteiger partial charge in [0.25, 0.3) is 0 Å². The number of aliphatic hydroxyl groups is 1. The molecule has 0 radical (unpaired) electrons. The number of hydrogen-bond acceptors (Lipinski definition) is 2. The summed E-state index contributed by atoms with van der Waals surface area (Å²) in [7, 11) is 0. The van der Waals surface area contributed by atoms with E-state index in [4.69, 9.17) is 12.2 Å². The molecule has 90 valence electrons. The molecular weight excluding hydrogens is 230 g/mol. The zero-order valence-electron chi connectivity index (χ0n) is 10.3. The molecule has 0 aromatic heterocycles. The Morgan fingerprint density at radius 3 is 2.47 bits per heavy atom. The van der Waals surface area contributed by atoms with E-state index < -0.39 is 5.60 Å². The Morgan fingerprint density at radius 2 is 1.82 bits per heavy atom. The molecule has 0 amide bonds. The van der Waals surface area contributed by atoms with Gasteiger partial charge in [-0.05, 0) is 43.4 Å². The number of anilines is 1. The van der Waals surface area contributed by atoms with Crippen LogP contribution in [0.5, 0.6) is 0 Å². The van der Waals surface area contributed by atoms with E-state index in [1.165, 1.54) is 16.8 Å². The maximum Gasteiger partial charge on any atom is 0.0840 e. The Labute approximate surface area is 107 Å². The highest BCUT2D eigenvalue weighted by atomic mass is 32.1. The van der Waals surface area contributed by atoms with Crippen LogP contribution in [-0.2, 0) is 18.4 Å². The molecular formula is C14H17NOS. The van der Waals surface area contributed by atoms with E-state index in [1.807, 2.05) is 13.8 Å². The number of nitrogens with zero attached hydrogens (tertiary/aromatic N) is 1. The molecule has 0 atom stereocenters. The summed E-state index contributed by atoms with van der Waals surface area (Å²) in [6, 6.07) is 4.30. The monoisotopic (exact) mass is 247 g/mol. The van der Waals surface area contributed by atoms with Gasteiger partial charge in [0.1, 0.15) is 0 Å². The third kappa shape index (κ3) is 1.69. The molecule has 2 aliphatic heterocycles. The maximum absolute atomic E-state index is 10.1. The Hall–Kier alpha value is -0.930. The average molecular weight is 247 g/mol. The van der Waals surface area contributed by atoms with Crippen molar-refractivity contribution in [2.75, 3.05) is 11.4 Å². The van der Waals surface area contributed by atoms with E-state index in [0.717, 1.165) is 36.4 Å². The minimum atomic E-state index is -0.753. The number of thiocarbonyl (C=S) groups is 1. The maximum atomic E-state index is 10.1. The molecule has 0 bridgehead atoms. The fraction of sp³-hybridized carbons (Fsp3) is 0.500. The first-order valence-corrected chi connectivity index (χ1v) is 6.56. The van der Waals surface area contributed by atoms with Crippen LogP contribution >= 0.6 is 12.2 Å². The lowest BCUT2D eigenvalue weighted by Crippen LogP contribution is -2.31. The molecule has 3 rings (SSSR count). The molecule has 3 heteroatoms. The second-order valence-corrected chi connectivity index (χ2v) is 5.97. The second kappa shape index (κ2) is 3.53. The van der Waals surface area contributed by atoms with E-state index in [0.29, 0.717) is 0 Å². The van der Waals surface area contributed by atoms with Crippen molar-refractivity contribution in [1.82, 2.24) is 0 Å². The molecule has 0 unspecified atom stereocenters. The summed E-state index contributed by atoms with van der Waals surface area (Å²) in [6.45, 7) is 4.71. The Kier molecular flexibility index (Phi) is 2.32. The molecule has 1 N–H and O–H groups in total. The van der Waals surface area contributed by atoms with E-state index in [1.54, 1.807) is 0 Å². The van der Waals surface area contributed by atoms with Gasteiger partial charge in [0.15, 0.2) is 0 Å². The zero-order valence-corrected chi connectivity index (χ0v) is 11.1. The van der Waals surface area contributed by atoms with E-state index in [2.05, 4.69) is 17.0 Å². The van der Waals surface area contributed by atoms with Crippen LogP contribution in [0.1, 0.15) is 37.0 Å². The van der Waals surface area contributed by atoms with Crippen LogP contribution < -0.4 is 4.90 Å². The highest BCUT2D eigenvalue weighted by molar-refractivity contribution is 7.80. The molecule has 2 aliphatic rings. The minimum Gasteiger partial charge on any atom is -0.386 e. The van der Waals surface area contributed by atoms with Gasteiger partial charge in [0.2, 0.25) is 0 Å². The molecule has 0 saturated carbocycles. The quantitative estimate of drug-likeness (QED) is 0.772. The standard InChI is InChI=1S/C14H17NOS/c1-14(2,16)11-7-9-3-4-12(17)15-6-5-10(8-11)13(9)15/h7-8,16H,3-6H2,1-2H3. The smallest absolute Gasteiger partial charge is 0.0840 e. The van der Waals surface area contributed by atoms with Crippen LogP contribution in [0.25, 0.3) is 0 Å². The van der Waals surface area contributed by atoms with Crippen molar-refractivity contribution < 1.29 is 5.11 Å². The van der Waals surface area contributed by atoms with Crippen LogP contribution in [0, 0.1) is 0 Å². The summed E-state index contributed by atoms with van der Waals surface area (Å²) in [5.74, 6) is 0. The van der Waals surface area contributed by atoms with Crippen molar-refractivity contribution in [2.24, 2.45) is 0 Å². The molecule has 17 heavy (non-hydrogen) atoms. The van der Waals surface area contributed by atoms with Gasteiger partial charge in [0, 0.05) is 18.7 Å². The normalized spacial score (nSPS) is 18.5. The van der Waals surface area contributed by atoms with Gasteiger partial charge in [-0.15, -0.1) is 0 Å². The van der Waals surface area contributed by atoms with Crippen molar-refractivity contribution >= 4 is 22.9 Å². The topological polar surface area (TPSA) is 23.5 Å². The van der Waals surface area contributed by atoms with E-state index in [9.17, 15) is 5.11 Å². The van der Waals surface area contributed by atoms with Crippen molar-refractivity contribution in [3.8, 4) is 0 Å². The van der Waals surface area contributed by atoms with Crippen LogP contribution in [0.4, 0.5) is 5.69 Å². The van der Waals surface area contributed by atoms with Gasteiger partial charge in [-0.25, -0.2) is 0 Å². The lowest BCUT2D eigenvalue weighted by molar-refractivity contribution is 0.0785. The molecule has 0 spiro atoms. The van der Waals surface area contributed by atoms with Crippen LogP contribution in [0.15, 0.2) is 12.1 Å². The van der Waals surface area contributed by atoms with Gasteiger partial charge < -0.3 is 10.0 Å². The molecule has 1 aromatic carbocycles. The predicted molar refractivity (Wildman–Crippen MR) is 73.7 cm³/mol.